The zero-order valence-corrected chi connectivity index (χ0v) is 6.44. The van der Waals surface area contributed by atoms with Crippen molar-refractivity contribution in [2.75, 3.05) is 0 Å². The molecule has 0 saturated heterocycles. The van der Waals surface area contributed by atoms with Crippen molar-refractivity contribution in [3.05, 3.63) is 42.0 Å². The molecule has 0 saturated carbocycles. The van der Waals surface area contributed by atoms with Crippen molar-refractivity contribution in [2.24, 2.45) is 0 Å². The van der Waals surface area contributed by atoms with Crippen LogP contribution in [0.3, 0.4) is 0 Å². The minimum atomic E-state index is 1.12. The molecule has 0 fully saturated rings. The van der Waals surface area contributed by atoms with Gasteiger partial charge in [-0.2, -0.15) is 0 Å². The summed E-state index contributed by atoms with van der Waals surface area (Å²) < 4.78 is 0. The molecule has 0 aliphatic heterocycles. The van der Waals surface area contributed by atoms with E-state index >= 15 is 0 Å². The first-order valence-electron chi connectivity index (χ1n) is 3.34. The van der Waals surface area contributed by atoms with Crippen molar-refractivity contribution >= 4 is 5.57 Å². The molecular weight excluding hydrogens is 120 g/mol. The van der Waals surface area contributed by atoms with Crippen molar-refractivity contribution in [3.8, 4) is 0 Å². The van der Waals surface area contributed by atoms with Gasteiger partial charge in [-0.15, -0.1) is 0 Å². The van der Waals surface area contributed by atoms with E-state index in [1.54, 1.807) is 0 Å². The lowest BCUT2D eigenvalue weighted by atomic mass is 10.0. The average Bonchev–Trinajstić information content (AvgIpc) is 1.88. The van der Waals surface area contributed by atoms with E-state index in [9.17, 15) is 0 Å². The Hall–Kier alpha value is -1.04. The van der Waals surface area contributed by atoms with Crippen LogP contribution in [0.4, 0.5) is 0 Å². The maximum atomic E-state index is 3.87. The third-order valence-corrected chi connectivity index (χ3v) is 1.53. The van der Waals surface area contributed by atoms with Gasteiger partial charge in [0, 0.05) is 0 Å². The summed E-state index contributed by atoms with van der Waals surface area (Å²) in [6.07, 6.45) is 0. The van der Waals surface area contributed by atoms with Crippen LogP contribution in [0, 0.1) is 13.0 Å². The highest BCUT2D eigenvalue weighted by Crippen LogP contribution is 2.14. The Kier molecular flexibility index (Phi) is 1.91. The van der Waals surface area contributed by atoms with Crippen LogP contribution in [0.2, 0.25) is 0 Å². The molecule has 1 radical (unpaired) electrons. The van der Waals surface area contributed by atoms with Gasteiger partial charge in [0.2, 0.25) is 0 Å². The van der Waals surface area contributed by atoms with Crippen molar-refractivity contribution in [1.29, 1.82) is 0 Å². The molecule has 1 aromatic rings. The average molecular weight is 131 g/mol. The largest absolute Gasteiger partial charge is 0.0955 e. The fourth-order valence-electron chi connectivity index (χ4n) is 0.993. The van der Waals surface area contributed by atoms with Gasteiger partial charge in [-0.25, -0.2) is 0 Å². The lowest BCUT2D eigenvalue weighted by Crippen LogP contribution is -1.81. The summed E-state index contributed by atoms with van der Waals surface area (Å²) in [5.41, 5.74) is 3.60. The number of rotatable bonds is 1. The van der Waals surface area contributed by atoms with Gasteiger partial charge in [0.25, 0.3) is 0 Å². The second-order valence-electron chi connectivity index (χ2n) is 2.52. The van der Waals surface area contributed by atoms with Gasteiger partial charge >= 0.3 is 0 Å². The molecule has 0 atom stereocenters. The van der Waals surface area contributed by atoms with Crippen LogP contribution in [0.5, 0.6) is 0 Å². The number of aryl methyl sites for hydroxylation is 1. The van der Waals surface area contributed by atoms with E-state index in [0.29, 0.717) is 0 Å². The molecule has 0 spiro atoms. The Bertz CT molecular complexity index is 246. The molecule has 0 heteroatoms. The first-order chi connectivity index (χ1) is 4.72. The number of benzene rings is 1. The van der Waals surface area contributed by atoms with Gasteiger partial charge in [0.15, 0.2) is 0 Å². The predicted molar refractivity (Wildman–Crippen MR) is 44.7 cm³/mol. The molecule has 51 valence electrons. The van der Waals surface area contributed by atoms with Gasteiger partial charge in [-0.05, 0) is 31.0 Å². The molecule has 0 nitrogen and oxygen atoms in total. The van der Waals surface area contributed by atoms with Crippen LogP contribution in [0.15, 0.2) is 24.8 Å². The van der Waals surface area contributed by atoms with E-state index in [2.05, 4.69) is 19.6 Å². The minimum absolute atomic E-state index is 1.12. The lowest BCUT2D eigenvalue weighted by Gasteiger charge is -2.01. The highest BCUT2D eigenvalue weighted by Gasteiger charge is 1.94. The molecular formula is C10H11. The second kappa shape index (κ2) is 2.70. The van der Waals surface area contributed by atoms with Crippen molar-refractivity contribution < 1.29 is 0 Å². The van der Waals surface area contributed by atoms with Crippen molar-refractivity contribution in [2.45, 2.75) is 13.8 Å². The van der Waals surface area contributed by atoms with E-state index in [0.717, 1.165) is 5.57 Å². The highest BCUT2D eigenvalue weighted by molar-refractivity contribution is 5.63. The molecule has 1 rings (SSSR count). The zero-order chi connectivity index (χ0) is 7.56. The normalized spacial score (nSPS) is 9.40. The van der Waals surface area contributed by atoms with Crippen LogP contribution < -0.4 is 0 Å². The summed E-state index contributed by atoms with van der Waals surface area (Å²) in [6.45, 7) is 7.96. The number of hydrogen-bond donors (Lipinski definition) is 0. The smallest absolute Gasteiger partial charge is 0.0181 e. The molecule has 1 aromatic carbocycles. The highest BCUT2D eigenvalue weighted by atomic mass is 14.0. The zero-order valence-electron chi connectivity index (χ0n) is 6.44. The molecule has 0 bridgehead atoms. The van der Waals surface area contributed by atoms with E-state index < -0.39 is 0 Å². The Morgan fingerprint density at radius 2 is 2.30 bits per heavy atom. The van der Waals surface area contributed by atoms with Crippen LogP contribution in [0.25, 0.3) is 5.57 Å². The summed E-state index contributed by atoms with van der Waals surface area (Å²) in [6, 6.07) is 8.94. The summed E-state index contributed by atoms with van der Waals surface area (Å²) >= 11 is 0. The summed E-state index contributed by atoms with van der Waals surface area (Å²) in [4.78, 5) is 0. The first kappa shape index (κ1) is 7.07. The summed E-state index contributed by atoms with van der Waals surface area (Å²) in [5.74, 6) is 0. The van der Waals surface area contributed by atoms with Crippen LogP contribution in [0.1, 0.15) is 18.1 Å². The van der Waals surface area contributed by atoms with Crippen molar-refractivity contribution in [1.82, 2.24) is 0 Å². The Morgan fingerprint density at radius 3 is 2.70 bits per heavy atom. The van der Waals surface area contributed by atoms with E-state index in [4.69, 9.17) is 0 Å². The SMILES string of the molecule is C=C(C)c1cc[c]cc1C. The quantitative estimate of drug-likeness (QED) is 0.549. The van der Waals surface area contributed by atoms with Crippen LogP contribution in [-0.4, -0.2) is 0 Å². The van der Waals surface area contributed by atoms with Crippen molar-refractivity contribution in [3.63, 3.8) is 0 Å². The summed E-state index contributed by atoms with van der Waals surface area (Å²) in [5, 5.41) is 0. The molecule has 0 N–H and O–H groups in total. The van der Waals surface area contributed by atoms with Crippen LogP contribution in [-0.2, 0) is 0 Å². The van der Waals surface area contributed by atoms with Crippen LogP contribution >= 0.6 is 0 Å². The Balaban J connectivity index is 3.15. The lowest BCUT2D eigenvalue weighted by molar-refractivity contribution is 1.41. The van der Waals surface area contributed by atoms with Gasteiger partial charge < -0.3 is 0 Å². The van der Waals surface area contributed by atoms with Gasteiger partial charge in [0.1, 0.15) is 0 Å². The Morgan fingerprint density at radius 1 is 1.60 bits per heavy atom. The summed E-state index contributed by atoms with van der Waals surface area (Å²) in [7, 11) is 0. The van der Waals surface area contributed by atoms with Gasteiger partial charge in [-0.1, -0.05) is 30.4 Å². The molecule has 0 aromatic heterocycles. The molecule has 0 unspecified atom stereocenters. The number of hydrogen-bond acceptors (Lipinski definition) is 0. The molecule has 0 heterocycles. The number of allylic oxidation sites excluding steroid dienone is 1. The molecule has 0 aliphatic rings. The third-order valence-electron chi connectivity index (χ3n) is 1.53. The fourth-order valence-corrected chi connectivity index (χ4v) is 0.993. The monoisotopic (exact) mass is 131 g/mol. The van der Waals surface area contributed by atoms with Gasteiger partial charge in [0.05, 0.1) is 0 Å². The third kappa shape index (κ3) is 1.27. The predicted octanol–water partition coefficient (Wildman–Crippen LogP) is 2.83. The maximum absolute atomic E-state index is 3.87. The minimum Gasteiger partial charge on any atom is -0.0955 e. The van der Waals surface area contributed by atoms with E-state index in [-0.39, 0.29) is 0 Å². The fraction of sp³-hybridized carbons (Fsp3) is 0.200. The van der Waals surface area contributed by atoms with E-state index in [1.807, 2.05) is 25.1 Å². The molecule has 0 amide bonds. The molecule has 0 aliphatic carbocycles. The van der Waals surface area contributed by atoms with E-state index in [1.165, 1.54) is 11.1 Å². The standard InChI is InChI=1S/C10H11/c1-8(2)10-7-5-4-6-9(10)3/h5-7H,1H2,2-3H3. The molecule has 10 heavy (non-hydrogen) atoms. The first-order valence-corrected chi connectivity index (χ1v) is 3.34. The van der Waals surface area contributed by atoms with Gasteiger partial charge in [-0.3, -0.25) is 0 Å². The second-order valence-corrected chi connectivity index (χ2v) is 2.52. The Labute approximate surface area is 62.2 Å². The maximum Gasteiger partial charge on any atom is -0.0181 e. The topological polar surface area (TPSA) is 0 Å².